The number of ether oxygens (including phenoxy) is 3. The molecule has 0 aliphatic carbocycles. The normalized spacial score (nSPS) is 12.5. The first-order valence-corrected chi connectivity index (χ1v) is 8.49. The van der Waals surface area contributed by atoms with Crippen LogP contribution in [0, 0.1) is 5.82 Å². The third-order valence-electron chi connectivity index (χ3n) is 4.65. The molecule has 5 heteroatoms. The monoisotopic (exact) mass is 362 g/mol. The predicted molar refractivity (Wildman–Crippen MR) is 99.7 cm³/mol. The van der Waals surface area contributed by atoms with E-state index < -0.39 is 0 Å². The van der Waals surface area contributed by atoms with Crippen molar-refractivity contribution < 1.29 is 23.0 Å². The van der Waals surface area contributed by atoms with Gasteiger partial charge in [-0.05, 0) is 35.9 Å². The fourth-order valence-corrected chi connectivity index (χ4v) is 3.36. The van der Waals surface area contributed by atoms with E-state index in [2.05, 4.69) is 0 Å². The Labute approximate surface area is 154 Å². The molecule has 0 atom stereocenters. The van der Waals surface area contributed by atoms with Crippen molar-refractivity contribution in [2.75, 3.05) is 13.9 Å². The minimum atomic E-state index is -0.317. The van der Waals surface area contributed by atoms with Crippen molar-refractivity contribution in [2.24, 2.45) is 0 Å². The molecule has 0 fully saturated rings. The molecule has 134 valence electrons. The van der Waals surface area contributed by atoms with E-state index in [1.54, 1.807) is 13.2 Å². The van der Waals surface area contributed by atoms with Crippen molar-refractivity contribution in [2.45, 2.75) is 0 Å². The van der Waals surface area contributed by atoms with Gasteiger partial charge in [0.25, 0.3) is 0 Å². The number of rotatable bonds is 3. The van der Waals surface area contributed by atoms with Crippen molar-refractivity contribution in [1.82, 2.24) is 0 Å². The second-order valence-corrected chi connectivity index (χ2v) is 6.25. The molecule has 3 aromatic carbocycles. The minimum absolute atomic E-state index is 0.191. The summed E-state index contributed by atoms with van der Waals surface area (Å²) in [6, 6.07) is 17.8. The zero-order valence-corrected chi connectivity index (χ0v) is 14.5. The summed E-state index contributed by atoms with van der Waals surface area (Å²) < 4.78 is 36.2. The molecule has 0 saturated carbocycles. The highest BCUT2D eigenvalue weighted by Gasteiger charge is 2.23. The van der Waals surface area contributed by atoms with E-state index in [0.717, 1.165) is 22.3 Å². The third-order valence-corrected chi connectivity index (χ3v) is 4.65. The topological polar surface area (TPSA) is 40.8 Å². The Morgan fingerprint density at radius 2 is 1.67 bits per heavy atom. The molecule has 4 aromatic rings. The zero-order chi connectivity index (χ0) is 18.4. The van der Waals surface area contributed by atoms with Crippen molar-refractivity contribution in [3.63, 3.8) is 0 Å². The second kappa shape index (κ2) is 6.06. The Bertz CT molecular complexity index is 1150. The molecule has 0 bridgehead atoms. The smallest absolute Gasteiger partial charge is 0.231 e. The number of benzene rings is 3. The summed E-state index contributed by atoms with van der Waals surface area (Å²) in [6.07, 6.45) is 0. The maximum atomic E-state index is 13.8. The Kier molecular flexibility index (Phi) is 3.53. The molecule has 0 unspecified atom stereocenters. The number of hydrogen-bond donors (Lipinski definition) is 0. The maximum Gasteiger partial charge on any atom is 0.231 e. The number of hydrogen-bond acceptors (Lipinski definition) is 4. The molecule has 0 saturated heterocycles. The van der Waals surface area contributed by atoms with Crippen LogP contribution in [0.1, 0.15) is 0 Å². The lowest BCUT2D eigenvalue weighted by molar-refractivity contribution is 0.174. The van der Waals surface area contributed by atoms with Gasteiger partial charge in [0.15, 0.2) is 11.5 Å². The van der Waals surface area contributed by atoms with E-state index in [1.807, 2.05) is 42.5 Å². The van der Waals surface area contributed by atoms with Gasteiger partial charge in [0.2, 0.25) is 6.79 Å². The van der Waals surface area contributed by atoms with Gasteiger partial charge in [-0.2, -0.15) is 0 Å². The van der Waals surface area contributed by atoms with Crippen LogP contribution in [0.3, 0.4) is 0 Å². The molecular formula is C22H15FO4. The molecule has 0 spiro atoms. The Morgan fingerprint density at radius 1 is 0.889 bits per heavy atom. The third kappa shape index (κ3) is 2.59. The molecule has 0 N–H and O–H groups in total. The van der Waals surface area contributed by atoms with Gasteiger partial charge in [0.05, 0.1) is 7.11 Å². The Hall–Kier alpha value is -3.47. The van der Waals surface area contributed by atoms with Gasteiger partial charge in [0, 0.05) is 22.6 Å². The molecule has 1 aliphatic rings. The molecule has 2 heterocycles. The van der Waals surface area contributed by atoms with Crippen LogP contribution < -0.4 is 14.2 Å². The van der Waals surface area contributed by atoms with Gasteiger partial charge in [-0.1, -0.05) is 24.3 Å². The van der Waals surface area contributed by atoms with Gasteiger partial charge in [0.1, 0.15) is 22.9 Å². The standard InChI is InChI=1S/C22H15FO4/c1-24-16-7-5-13(6-8-16)21-17-10-19-20(26-12-25-19)11-18(17)27-22(21)14-3-2-4-15(23)9-14/h2-11H,12H2,1H3. The van der Waals surface area contributed by atoms with Gasteiger partial charge in [-0.25, -0.2) is 4.39 Å². The average molecular weight is 362 g/mol. The van der Waals surface area contributed by atoms with Crippen LogP contribution in [0.2, 0.25) is 0 Å². The molecular weight excluding hydrogens is 347 g/mol. The fourth-order valence-electron chi connectivity index (χ4n) is 3.36. The number of fused-ring (bicyclic) bond motifs is 2. The average Bonchev–Trinajstić information content (AvgIpc) is 3.30. The highest BCUT2D eigenvalue weighted by atomic mass is 19.1. The molecule has 5 rings (SSSR count). The molecule has 0 amide bonds. The fraction of sp³-hybridized carbons (Fsp3) is 0.0909. The molecule has 1 aromatic heterocycles. The lowest BCUT2D eigenvalue weighted by Gasteiger charge is -2.06. The van der Waals surface area contributed by atoms with E-state index in [1.165, 1.54) is 12.1 Å². The molecule has 0 radical (unpaired) electrons. The highest BCUT2D eigenvalue weighted by molar-refractivity contribution is 6.03. The van der Waals surface area contributed by atoms with Crippen LogP contribution >= 0.6 is 0 Å². The van der Waals surface area contributed by atoms with Crippen LogP contribution in [0.15, 0.2) is 65.1 Å². The Morgan fingerprint density at radius 3 is 2.41 bits per heavy atom. The summed E-state index contributed by atoms with van der Waals surface area (Å²) in [7, 11) is 1.63. The first-order chi connectivity index (χ1) is 13.2. The van der Waals surface area contributed by atoms with Crippen LogP contribution in [-0.4, -0.2) is 13.9 Å². The van der Waals surface area contributed by atoms with Crippen LogP contribution in [0.4, 0.5) is 4.39 Å². The van der Waals surface area contributed by atoms with E-state index >= 15 is 0 Å². The SMILES string of the molecule is COc1ccc(-c2c(-c3cccc(F)c3)oc3cc4c(cc23)OCO4)cc1. The second-order valence-electron chi connectivity index (χ2n) is 6.25. The predicted octanol–water partition coefficient (Wildman–Crippen LogP) is 5.64. The van der Waals surface area contributed by atoms with Crippen LogP contribution in [-0.2, 0) is 0 Å². The summed E-state index contributed by atoms with van der Waals surface area (Å²) >= 11 is 0. The summed E-state index contributed by atoms with van der Waals surface area (Å²) in [5.41, 5.74) is 3.13. The van der Waals surface area contributed by atoms with Crippen LogP contribution in [0.25, 0.3) is 33.4 Å². The summed E-state index contributed by atoms with van der Waals surface area (Å²) in [6.45, 7) is 0.191. The summed E-state index contributed by atoms with van der Waals surface area (Å²) in [4.78, 5) is 0. The lowest BCUT2D eigenvalue weighted by atomic mass is 9.98. The number of methoxy groups -OCH3 is 1. The van der Waals surface area contributed by atoms with Crippen molar-refractivity contribution in [3.8, 4) is 39.7 Å². The Balaban J connectivity index is 1.80. The highest BCUT2D eigenvalue weighted by Crippen LogP contribution is 2.46. The van der Waals surface area contributed by atoms with Crippen molar-refractivity contribution in [3.05, 3.63) is 66.5 Å². The van der Waals surface area contributed by atoms with E-state index in [-0.39, 0.29) is 12.6 Å². The maximum absolute atomic E-state index is 13.8. The largest absolute Gasteiger partial charge is 0.497 e. The minimum Gasteiger partial charge on any atom is -0.497 e. The van der Waals surface area contributed by atoms with Gasteiger partial charge < -0.3 is 18.6 Å². The summed E-state index contributed by atoms with van der Waals surface area (Å²) in [5, 5.41) is 0.878. The molecule has 27 heavy (non-hydrogen) atoms. The number of halogens is 1. The first-order valence-electron chi connectivity index (χ1n) is 8.49. The van der Waals surface area contributed by atoms with E-state index in [4.69, 9.17) is 18.6 Å². The van der Waals surface area contributed by atoms with Gasteiger partial charge in [-0.3, -0.25) is 0 Å². The molecule has 1 aliphatic heterocycles. The van der Waals surface area contributed by atoms with Crippen molar-refractivity contribution in [1.29, 1.82) is 0 Å². The van der Waals surface area contributed by atoms with Gasteiger partial charge >= 0.3 is 0 Å². The summed E-state index contributed by atoms with van der Waals surface area (Å²) in [5.74, 6) is 2.35. The number of furan rings is 1. The zero-order valence-electron chi connectivity index (χ0n) is 14.5. The lowest BCUT2D eigenvalue weighted by Crippen LogP contribution is -1.92. The van der Waals surface area contributed by atoms with E-state index in [0.29, 0.717) is 28.4 Å². The first kappa shape index (κ1) is 15.8. The molecule has 4 nitrogen and oxygen atoms in total. The van der Waals surface area contributed by atoms with Crippen molar-refractivity contribution >= 4 is 11.0 Å². The van der Waals surface area contributed by atoms with Gasteiger partial charge in [-0.15, -0.1) is 0 Å². The van der Waals surface area contributed by atoms with E-state index in [9.17, 15) is 4.39 Å². The van der Waals surface area contributed by atoms with Crippen LogP contribution in [0.5, 0.6) is 17.2 Å². The quantitative estimate of drug-likeness (QED) is 0.473.